The van der Waals surface area contributed by atoms with E-state index in [-0.39, 0.29) is 13.2 Å². The van der Waals surface area contributed by atoms with Crippen molar-refractivity contribution in [1.82, 2.24) is 4.90 Å². The van der Waals surface area contributed by atoms with Gasteiger partial charge in [-0.3, -0.25) is 4.79 Å². The number of hydrogen-bond donors (Lipinski definition) is 0. The van der Waals surface area contributed by atoms with Gasteiger partial charge in [-0.1, -0.05) is 30.3 Å². The molecule has 2 aromatic carbocycles. The summed E-state index contributed by atoms with van der Waals surface area (Å²) in [6, 6.07) is 14.7. The number of rotatable bonds is 5. The molecular weight excluding hydrogens is 371 g/mol. The second-order valence-corrected chi connectivity index (χ2v) is 6.66. The van der Waals surface area contributed by atoms with Gasteiger partial charge in [-0.05, 0) is 42.2 Å². The van der Waals surface area contributed by atoms with Gasteiger partial charge < -0.3 is 14.4 Å². The third-order valence-corrected chi connectivity index (χ3v) is 4.78. The Morgan fingerprint density at radius 1 is 1.18 bits per heavy atom. The number of benzene rings is 2. The zero-order valence-corrected chi connectivity index (χ0v) is 15.5. The Balaban J connectivity index is 1.73. The minimum Gasteiger partial charge on any atom is -0.497 e. The first-order chi connectivity index (χ1) is 13.4. The lowest BCUT2D eigenvalue weighted by Gasteiger charge is -2.34. The van der Waals surface area contributed by atoms with Crippen LogP contribution in [0.5, 0.6) is 5.75 Å². The average molecular weight is 393 g/mol. The Morgan fingerprint density at radius 2 is 1.96 bits per heavy atom. The summed E-state index contributed by atoms with van der Waals surface area (Å²) in [6.07, 6.45) is -5.13. The van der Waals surface area contributed by atoms with Gasteiger partial charge in [-0.25, -0.2) is 0 Å². The molecule has 0 bridgehead atoms. The molecule has 0 aliphatic carbocycles. The Morgan fingerprint density at radius 3 is 2.71 bits per heavy atom. The maximum Gasteiger partial charge on any atom is 0.416 e. The molecular formula is C21H22F3NO3. The Kier molecular flexibility index (Phi) is 6.24. The molecule has 0 aromatic heterocycles. The quantitative estimate of drug-likeness (QED) is 0.774. The van der Waals surface area contributed by atoms with Gasteiger partial charge in [-0.2, -0.15) is 13.2 Å². The first-order valence-corrected chi connectivity index (χ1v) is 9.07. The molecule has 0 N–H and O–H groups in total. The average Bonchev–Trinajstić information content (AvgIpc) is 2.71. The van der Waals surface area contributed by atoms with Crippen LogP contribution in [0.15, 0.2) is 48.5 Å². The molecule has 1 unspecified atom stereocenters. The largest absolute Gasteiger partial charge is 0.497 e. The van der Waals surface area contributed by atoms with Crippen LogP contribution in [0.2, 0.25) is 0 Å². The number of morpholine rings is 1. The van der Waals surface area contributed by atoms with Crippen LogP contribution in [0.4, 0.5) is 13.2 Å². The first-order valence-electron chi connectivity index (χ1n) is 9.07. The van der Waals surface area contributed by atoms with E-state index in [0.717, 1.165) is 16.9 Å². The molecule has 3 rings (SSSR count). The highest BCUT2D eigenvalue weighted by Gasteiger charge is 2.44. The number of alkyl halides is 3. The zero-order chi connectivity index (χ0) is 20.1. The normalized spacial score (nSPS) is 17.4. The number of halogens is 3. The molecule has 1 atom stereocenters. The van der Waals surface area contributed by atoms with E-state index in [1.807, 2.05) is 36.4 Å². The monoisotopic (exact) mass is 393 g/mol. The van der Waals surface area contributed by atoms with Gasteiger partial charge >= 0.3 is 6.18 Å². The van der Waals surface area contributed by atoms with Crippen molar-refractivity contribution in [2.24, 2.45) is 0 Å². The van der Waals surface area contributed by atoms with Gasteiger partial charge in [0, 0.05) is 12.1 Å². The second kappa shape index (κ2) is 8.65. The zero-order valence-electron chi connectivity index (χ0n) is 15.5. The third kappa shape index (κ3) is 4.84. The van der Waals surface area contributed by atoms with Crippen LogP contribution in [-0.2, 0) is 17.6 Å². The molecule has 1 aliphatic heterocycles. The number of aryl methyl sites for hydroxylation is 2. The molecule has 4 nitrogen and oxygen atoms in total. The fourth-order valence-corrected chi connectivity index (χ4v) is 3.26. The summed E-state index contributed by atoms with van der Waals surface area (Å²) in [6.45, 7) is -0.454. The first kappa shape index (κ1) is 20.2. The highest BCUT2D eigenvalue weighted by Crippen LogP contribution is 2.27. The molecule has 1 aliphatic rings. The van der Waals surface area contributed by atoms with Crippen LogP contribution >= 0.6 is 0 Å². The highest BCUT2D eigenvalue weighted by molar-refractivity contribution is 5.95. The fraction of sp³-hybridized carbons (Fsp3) is 0.381. The van der Waals surface area contributed by atoms with Crippen molar-refractivity contribution >= 4 is 5.91 Å². The molecule has 2 aromatic rings. The minimum absolute atomic E-state index is 0.123. The van der Waals surface area contributed by atoms with E-state index >= 15 is 0 Å². The fourth-order valence-electron chi connectivity index (χ4n) is 3.26. The number of carbonyl (C=O) groups excluding carboxylic acids is 1. The van der Waals surface area contributed by atoms with E-state index in [4.69, 9.17) is 9.47 Å². The number of amides is 1. The Hall–Kier alpha value is -2.54. The van der Waals surface area contributed by atoms with E-state index in [1.165, 1.54) is 4.90 Å². The smallest absolute Gasteiger partial charge is 0.416 e. The van der Waals surface area contributed by atoms with Gasteiger partial charge in [0.1, 0.15) is 5.75 Å². The van der Waals surface area contributed by atoms with Gasteiger partial charge in [0.15, 0.2) is 6.10 Å². The number of hydrogen-bond acceptors (Lipinski definition) is 3. The third-order valence-electron chi connectivity index (χ3n) is 4.78. The SMILES string of the molecule is COc1cccc(CCc2ccccc2C(=O)N2CCOC(C(F)(F)F)C2)c1. The lowest BCUT2D eigenvalue weighted by Crippen LogP contribution is -2.51. The maximum absolute atomic E-state index is 13.0. The number of methoxy groups -OCH3 is 1. The van der Waals surface area contributed by atoms with Crippen molar-refractivity contribution in [2.75, 3.05) is 26.8 Å². The Labute approximate surface area is 161 Å². The summed E-state index contributed by atoms with van der Waals surface area (Å²) in [5, 5.41) is 0. The topological polar surface area (TPSA) is 38.8 Å². The van der Waals surface area contributed by atoms with E-state index in [2.05, 4.69) is 0 Å². The van der Waals surface area contributed by atoms with Crippen LogP contribution in [0.25, 0.3) is 0 Å². The summed E-state index contributed by atoms with van der Waals surface area (Å²) in [7, 11) is 1.60. The molecule has 1 heterocycles. The summed E-state index contributed by atoms with van der Waals surface area (Å²) < 4.78 is 48.9. The molecule has 1 saturated heterocycles. The molecule has 7 heteroatoms. The predicted molar refractivity (Wildman–Crippen MR) is 98.5 cm³/mol. The van der Waals surface area contributed by atoms with Crippen LogP contribution in [0.1, 0.15) is 21.5 Å². The van der Waals surface area contributed by atoms with Crippen molar-refractivity contribution in [2.45, 2.75) is 25.1 Å². The number of ether oxygens (including phenoxy) is 2. The molecule has 150 valence electrons. The number of carbonyl (C=O) groups is 1. The molecule has 28 heavy (non-hydrogen) atoms. The lowest BCUT2D eigenvalue weighted by atomic mass is 9.98. The summed E-state index contributed by atoms with van der Waals surface area (Å²) in [5.74, 6) is 0.368. The predicted octanol–water partition coefficient (Wildman–Crippen LogP) is 3.88. The molecule has 1 fully saturated rings. The minimum atomic E-state index is -4.48. The van der Waals surface area contributed by atoms with Crippen molar-refractivity contribution in [1.29, 1.82) is 0 Å². The van der Waals surface area contributed by atoms with Crippen LogP contribution in [0.3, 0.4) is 0 Å². The molecule has 0 spiro atoms. The van der Waals surface area contributed by atoms with Crippen LogP contribution in [0, 0.1) is 0 Å². The van der Waals surface area contributed by atoms with Crippen molar-refractivity contribution < 1.29 is 27.4 Å². The molecule has 1 amide bonds. The highest BCUT2D eigenvalue weighted by atomic mass is 19.4. The van der Waals surface area contributed by atoms with Gasteiger partial charge in [0.2, 0.25) is 0 Å². The van der Waals surface area contributed by atoms with E-state index in [0.29, 0.717) is 18.4 Å². The molecule has 0 saturated carbocycles. The summed E-state index contributed by atoms with van der Waals surface area (Å²) >= 11 is 0. The van der Waals surface area contributed by atoms with Gasteiger partial charge in [-0.15, -0.1) is 0 Å². The van der Waals surface area contributed by atoms with E-state index in [1.54, 1.807) is 19.2 Å². The van der Waals surface area contributed by atoms with Crippen LogP contribution in [-0.4, -0.2) is 49.9 Å². The van der Waals surface area contributed by atoms with Crippen molar-refractivity contribution in [3.05, 3.63) is 65.2 Å². The maximum atomic E-state index is 13.0. The molecule has 0 radical (unpaired) electrons. The standard InChI is InChI=1S/C21H22F3NO3/c1-27-17-7-4-5-15(13-17)9-10-16-6-2-3-8-18(16)20(26)25-11-12-28-19(14-25)21(22,23)24/h2-8,13,19H,9-12,14H2,1H3. The van der Waals surface area contributed by atoms with Gasteiger partial charge in [0.05, 0.1) is 20.3 Å². The van der Waals surface area contributed by atoms with Crippen molar-refractivity contribution in [3.8, 4) is 5.75 Å². The Bertz CT molecular complexity index is 823. The summed E-state index contributed by atoms with van der Waals surface area (Å²) in [4.78, 5) is 14.1. The van der Waals surface area contributed by atoms with E-state index in [9.17, 15) is 18.0 Å². The van der Waals surface area contributed by atoms with E-state index < -0.39 is 24.7 Å². The van der Waals surface area contributed by atoms with Crippen LogP contribution < -0.4 is 4.74 Å². The second-order valence-electron chi connectivity index (χ2n) is 6.66. The number of nitrogens with zero attached hydrogens (tertiary/aromatic N) is 1. The lowest BCUT2D eigenvalue weighted by molar-refractivity contribution is -0.233. The van der Waals surface area contributed by atoms with Gasteiger partial charge in [0.25, 0.3) is 5.91 Å². The van der Waals surface area contributed by atoms with Crippen molar-refractivity contribution in [3.63, 3.8) is 0 Å². The summed E-state index contributed by atoms with van der Waals surface area (Å²) in [5.41, 5.74) is 2.31.